The third kappa shape index (κ3) is 3.97. The molecule has 0 aromatic carbocycles. The van der Waals surface area contributed by atoms with Crippen molar-refractivity contribution < 1.29 is 9.21 Å². The molecule has 0 saturated carbocycles. The number of nitrogens with zero attached hydrogens (tertiary/aromatic N) is 3. The second-order valence-electron chi connectivity index (χ2n) is 6.92. The van der Waals surface area contributed by atoms with E-state index < -0.39 is 0 Å². The lowest BCUT2D eigenvalue weighted by Crippen LogP contribution is -2.23. The van der Waals surface area contributed by atoms with Crippen LogP contribution in [-0.2, 0) is 6.54 Å². The third-order valence-electron chi connectivity index (χ3n) is 4.84. The van der Waals surface area contributed by atoms with Crippen molar-refractivity contribution in [2.24, 2.45) is 0 Å². The number of carbonyl (C=O) groups is 1. The lowest BCUT2D eigenvalue weighted by Gasteiger charge is -2.09. The van der Waals surface area contributed by atoms with Crippen molar-refractivity contribution in [3.63, 3.8) is 0 Å². The third-order valence-corrected chi connectivity index (χ3v) is 5.73. The Morgan fingerprint density at radius 3 is 2.90 bits per heavy atom. The number of rotatable bonds is 7. The Balaban J connectivity index is 1.75. The molecule has 1 amide bonds. The van der Waals surface area contributed by atoms with Crippen LogP contribution in [0.2, 0.25) is 0 Å². The maximum absolute atomic E-state index is 12.7. The second kappa shape index (κ2) is 8.51. The largest absolute Gasteiger partial charge is 0.467 e. The highest BCUT2D eigenvalue weighted by atomic mass is 32.1. The molecule has 0 unspecified atom stereocenters. The number of nitrogens with one attached hydrogen (secondary N) is 1. The minimum Gasteiger partial charge on any atom is -0.467 e. The van der Waals surface area contributed by atoms with Crippen molar-refractivity contribution in [2.75, 3.05) is 6.54 Å². The van der Waals surface area contributed by atoms with Crippen LogP contribution in [0.4, 0.5) is 0 Å². The first kappa shape index (κ1) is 19.8. The van der Waals surface area contributed by atoms with Gasteiger partial charge in [-0.1, -0.05) is 6.08 Å². The van der Waals surface area contributed by atoms with Crippen LogP contribution < -0.4 is 5.32 Å². The molecule has 4 aromatic rings. The van der Waals surface area contributed by atoms with Gasteiger partial charge in [-0.3, -0.25) is 9.78 Å². The average molecular weight is 419 g/mol. The van der Waals surface area contributed by atoms with E-state index in [9.17, 15) is 4.79 Å². The molecule has 0 radical (unpaired) electrons. The molecule has 0 aliphatic carbocycles. The zero-order valence-electron chi connectivity index (χ0n) is 16.9. The van der Waals surface area contributed by atoms with Crippen LogP contribution in [0, 0.1) is 13.8 Å². The molecule has 30 heavy (non-hydrogen) atoms. The van der Waals surface area contributed by atoms with E-state index in [1.165, 1.54) is 0 Å². The highest BCUT2D eigenvalue weighted by molar-refractivity contribution is 7.13. The van der Waals surface area contributed by atoms with E-state index in [1.807, 2.05) is 55.8 Å². The fourth-order valence-electron chi connectivity index (χ4n) is 3.23. The molecule has 0 aliphatic rings. The Morgan fingerprint density at radius 2 is 2.20 bits per heavy atom. The number of hydrogen-bond donors (Lipinski definition) is 1. The van der Waals surface area contributed by atoms with Gasteiger partial charge >= 0.3 is 0 Å². The van der Waals surface area contributed by atoms with Gasteiger partial charge in [-0.25, -0.2) is 4.98 Å². The highest BCUT2D eigenvalue weighted by Gasteiger charge is 2.21. The van der Waals surface area contributed by atoms with E-state index in [4.69, 9.17) is 9.40 Å². The summed E-state index contributed by atoms with van der Waals surface area (Å²) in [5.41, 5.74) is 5.10. The van der Waals surface area contributed by atoms with Crippen molar-refractivity contribution in [3.8, 4) is 22.0 Å². The summed E-state index contributed by atoms with van der Waals surface area (Å²) in [5.74, 6) is 0.677. The van der Waals surface area contributed by atoms with Gasteiger partial charge in [0.15, 0.2) is 0 Å². The van der Waals surface area contributed by atoms with E-state index in [0.717, 1.165) is 39.1 Å². The molecule has 0 fully saturated rings. The molecule has 4 rings (SSSR count). The van der Waals surface area contributed by atoms with Gasteiger partial charge < -0.3 is 14.3 Å². The lowest BCUT2D eigenvalue weighted by molar-refractivity contribution is 0.0957. The van der Waals surface area contributed by atoms with Crippen LogP contribution >= 0.6 is 11.3 Å². The van der Waals surface area contributed by atoms with Gasteiger partial charge in [0.25, 0.3) is 5.91 Å². The van der Waals surface area contributed by atoms with Crippen LogP contribution in [-0.4, -0.2) is 27.0 Å². The maximum Gasteiger partial charge on any atom is 0.253 e. The quantitative estimate of drug-likeness (QED) is 0.436. The summed E-state index contributed by atoms with van der Waals surface area (Å²) in [6, 6.07) is 9.67. The number of carbonyl (C=O) groups excluding carboxylic acids is 1. The Bertz CT molecular complexity index is 1170. The second-order valence-corrected chi connectivity index (χ2v) is 7.78. The van der Waals surface area contributed by atoms with E-state index in [0.29, 0.717) is 18.7 Å². The molecular weight excluding hydrogens is 396 g/mol. The number of aryl methyl sites for hydroxylation is 1. The number of pyridine rings is 1. The van der Waals surface area contributed by atoms with Gasteiger partial charge in [-0.2, -0.15) is 0 Å². The summed E-state index contributed by atoms with van der Waals surface area (Å²) < 4.78 is 7.61. The molecule has 0 saturated heterocycles. The van der Waals surface area contributed by atoms with Crippen LogP contribution in [0.5, 0.6) is 0 Å². The van der Waals surface area contributed by atoms with Crippen molar-refractivity contribution in [1.82, 2.24) is 19.9 Å². The number of hydrogen-bond acceptors (Lipinski definition) is 5. The molecule has 1 N–H and O–H groups in total. The first-order chi connectivity index (χ1) is 14.6. The van der Waals surface area contributed by atoms with E-state index in [1.54, 1.807) is 23.7 Å². The number of amides is 1. The van der Waals surface area contributed by atoms with Crippen LogP contribution in [0.25, 0.3) is 22.0 Å². The minimum absolute atomic E-state index is 0.134. The lowest BCUT2D eigenvalue weighted by atomic mass is 10.2. The normalized spacial score (nSPS) is 10.9. The molecular formula is C23H22N4O2S. The zero-order valence-corrected chi connectivity index (χ0v) is 17.7. The first-order valence-corrected chi connectivity index (χ1v) is 10.5. The van der Waals surface area contributed by atoms with Crippen molar-refractivity contribution in [3.05, 3.63) is 83.5 Å². The van der Waals surface area contributed by atoms with Crippen molar-refractivity contribution in [2.45, 2.75) is 20.4 Å². The van der Waals surface area contributed by atoms with E-state index >= 15 is 0 Å². The minimum atomic E-state index is -0.134. The fourth-order valence-corrected chi connectivity index (χ4v) is 4.03. The molecule has 0 bridgehead atoms. The Morgan fingerprint density at radius 1 is 1.33 bits per heavy atom. The summed E-state index contributed by atoms with van der Waals surface area (Å²) in [6.07, 6.45) is 5.15. The first-order valence-electron chi connectivity index (χ1n) is 9.57. The summed E-state index contributed by atoms with van der Waals surface area (Å²) in [6.45, 7) is 8.49. The average Bonchev–Trinajstić information content (AvgIpc) is 3.49. The molecule has 152 valence electrons. The summed E-state index contributed by atoms with van der Waals surface area (Å²) in [4.78, 5) is 21.8. The maximum atomic E-state index is 12.7. The number of furan rings is 1. The van der Waals surface area contributed by atoms with Gasteiger partial charge in [0.1, 0.15) is 10.8 Å². The van der Waals surface area contributed by atoms with Gasteiger partial charge in [0.2, 0.25) is 0 Å². The summed E-state index contributed by atoms with van der Waals surface area (Å²) in [5, 5.41) is 5.75. The monoisotopic (exact) mass is 418 g/mol. The number of thiazole rings is 1. The summed E-state index contributed by atoms with van der Waals surface area (Å²) in [7, 11) is 0. The van der Waals surface area contributed by atoms with Gasteiger partial charge in [0, 0.05) is 35.1 Å². The topological polar surface area (TPSA) is 73.0 Å². The van der Waals surface area contributed by atoms with Gasteiger partial charge in [-0.05, 0) is 44.2 Å². The van der Waals surface area contributed by atoms with Gasteiger partial charge in [-0.15, -0.1) is 17.9 Å². The predicted octanol–water partition coefficient (Wildman–Crippen LogP) is 4.85. The standard InChI is InChI=1S/C23H22N4O2S/c1-4-9-24-22(28)19-11-21(27(16(19)3)13-18-6-5-10-29-18)20-14-30-23(26-20)17-8-7-15(2)25-12-17/h4-8,10-12,14H,1,9,13H2,2-3H3,(H,24,28). The van der Waals surface area contributed by atoms with E-state index in [-0.39, 0.29) is 5.91 Å². The van der Waals surface area contributed by atoms with Crippen LogP contribution in [0.15, 0.2) is 65.2 Å². The fraction of sp³-hybridized carbons (Fsp3) is 0.174. The Labute approximate surface area is 178 Å². The zero-order chi connectivity index (χ0) is 21.1. The predicted molar refractivity (Wildman–Crippen MR) is 119 cm³/mol. The van der Waals surface area contributed by atoms with Crippen molar-refractivity contribution in [1.29, 1.82) is 0 Å². The van der Waals surface area contributed by atoms with Gasteiger partial charge in [0.05, 0.1) is 29.8 Å². The number of aromatic nitrogens is 3. The van der Waals surface area contributed by atoms with E-state index in [2.05, 4.69) is 21.4 Å². The Kier molecular flexibility index (Phi) is 5.63. The SMILES string of the molecule is C=CCNC(=O)c1cc(-c2csc(-c3ccc(C)nc3)n2)n(Cc2ccco2)c1C. The highest BCUT2D eigenvalue weighted by Crippen LogP contribution is 2.32. The Hall–Kier alpha value is -3.45. The smallest absolute Gasteiger partial charge is 0.253 e. The van der Waals surface area contributed by atoms with Crippen LogP contribution in [0.1, 0.15) is 27.5 Å². The molecule has 7 heteroatoms. The molecule has 4 heterocycles. The van der Waals surface area contributed by atoms with Crippen molar-refractivity contribution >= 4 is 17.2 Å². The summed E-state index contributed by atoms with van der Waals surface area (Å²) >= 11 is 1.56. The molecule has 0 spiro atoms. The molecule has 4 aromatic heterocycles. The van der Waals surface area contributed by atoms with Crippen LogP contribution in [0.3, 0.4) is 0 Å². The molecule has 6 nitrogen and oxygen atoms in total. The molecule has 0 atom stereocenters. The molecule has 0 aliphatic heterocycles.